The van der Waals surface area contributed by atoms with Crippen molar-refractivity contribution in [3.05, 3.63) is 56.7 Å². The van der Waals surface area contributed by atoms with Gasteiger partial charge in [-0.25, -0.2) is 0 Å². The zero-order chi connectivity index (χ0) is 21.1. The standard InChI is InChI=1S/C19H16N2O7S/c1-11-9-12(21(26)27)4-6-14(11)15-7-5-13(28-15)10-16-18(24)20(19(25)29-16)8-2-3-17(22)23/h4-7,9-10H,2-3,8H2,1H3,(H,22,23). The van der Waals surface area contributed by atoms with Crippen LogP contribution in [-0.2, 0) is 9.59 Å². The van der Waals surface area contributed by atoms with Crippen LogP contribution < -0.4 is 0 Å². The maximum absolute atomic E-state index is 12.4. The molecule has 1 aliphatic heterocycles. The molecule has 2 heterocycles. The molecule has 29 heavy (non-hydrogen) atoms. The molecule has 2 aromatic rings. The molecule has 1 N–H and O–H groups in total. The molecule has 2 amide bonds. The first-order valence-electron chi connectivity index (χ1n) is 8.58. The van der Waals surface area contributed by atoms with Gasteiger partial charge >= 0.3 is 5.97 Å². The highest BCUT2D eigenvalue weighted by molar-refractivity contribution is 8.18. The van der Waals surface area contributed by atoms with Gasteiger partial charge in [0.05, 0.1) is 9.83 Å². The number of hydrogen-bond donors (Lipinski definition) is 1. The lowest BCUT2D eigenvalue weighted by Crippen LogP contribution is -2.29. The summed E-state index contributed by atoms with van der Waals surface area (Å²) in [7, 11) is 0. The van der Waals surface area contributed by atoms with Crippen molar-refractivity contribution >= 4 is 40.6 Å². The Labute approximate surface area is 169 Å². The third-order valence-corrected chi connectivity index (χ3v) is 5.14. The van der Waals surface area contributed by atoms with Gasteiger partial charge in [0.1, 0.15) is 11.5 Å². The van der Waals surface area contributed by atoms with E-state index in [1.807, 2.05) is 0 Å². The Kier molecular flexibility index (Phi) is 5.83. The Bertz CT molecular complexity index is 1040. The zero-order valence-electron chi connectivity index (χ0n) is 15.3. The Morgan fingerprint density at radius 1 is 1.31 bits per heavy atom. The molecule has 0 spiro atoms. The van der Waals surface area contributed by atoms with Gasteiger partial charge in [0, 0.05) is 36.7 Å². The summed E-state index contributed by atoms with van der Waals surface area (Å²) in [4.78, 5) is 46.6. The average molecular weight is 416 g/mol. The molecule has 150 valence electrons. The lowest BCUT2D eigenvalue weighted by Gasteiger charge is -2.10. The lowest BCUT2D eigenvalue weighted by atomic mass is 10.1. The number of hydrogen-bond acceptors (Lipinski definition) is 7. The minimum atomic E-state index is -0.989. The van der Waals surface area contributed by atoms with Crippen LogP contribution in [0.15, 0.2) is 39.7 Å². The number of amides is 2. The van der Waals surface area contributed by atoms with E-state index in [0.29, 0.717) is 22.6 Å². The summed E-state index contributed by atoms with van der Waals surface area (Å²) in [5, 5.41) is 19.1. The summed E-state index contributed by atoms with van der Waals surface area (Å²) in [5.74, 6) is -0.648. The van der Waals surface area contributed by atoms with Crippen molar-refractivity contribution in [1.29, 1.82) is 0 Å². The Balaban J connectivity index is 1.76. The number of carboxylic acid groups (broad SMARTS) is 1. The number of aryl methyl sites for hydroxylation is 1. The third kappa shape index (κ3) is 4.54. The minimum Gasteiger partial charge on any atom is -0.481 e. The first kappa shape index (κ1) is 20.3. The predicted octanol–water partition coefficient (Wildman–Crippen LogP) is 4.06. The van der Waals surface area contributed by atoms with Gasteiger partial charge in [0.2, 0.25) is 0 Å². The second kappa shape index (κ2) is 8.31. The van der Waals surface area contributed by atoms with Crippen molar-refractivity contribution in [3.8, 4) is 11.3 Å². The quantitative estimate of drug-likeness (QED) is 0.406. The molecule has 0 atom stereocenters. The summed E-state index contributed by atoms with van der Waals surface area (Å²) in [5.41, 5.74) is 1.32. The van der Waals surface area contributed by atoms with Gasteiger partial charge in [0.15, 0.2) is 0 Å². The summed E-state index contributed by atoms with van der Waals surface area (Å²) in [6.07, 6.45) is 1.51. The number of carboxylic acids is 1. The first-order valence-corrected chi connectivity index (χ1v) is 9.40. The van der Waals surface area contributed by atoms with E-state index >= 15 is 0 Å². The Morgan fingerprint density at radius 2 is 2.07 bits per heavy atom. The number of benzene rings is 1. The maximum atomic E-state index is 12.4. The lowest BCUT2D eigenvalue weighted by molar-refractivity contribution is -0.384. The van der Waals surface area contributed by atoms with Crippen molar-refractivity contribution in [3.63, 3.8) is 0 Å². The van der Waals surface area contributed by atoms with E-state index in [1.165, 1.54) is 18.2 Å². The largest absolute Gasteiger partial charge is 0.481 e. The van der Waals surface area contributed by atoms with E-state index in [2.05, 4.69) is 0 Å². The molecule has 9 nitrogen and oxygen atoms in total. The van der Waals surface area contributed by atoms with E-state index in [0.717, 1.165) is 16.7 Å². The van der Waals surface area contributed by atoms with E-state index in [-0.39, 0.29) is 30.0 Å². The van der Waals surface area contributed by atoms with Crippen LogP contribution in [0.3, 0.4) is 0 Å². The molecule has 1 saturated heterocycles. The predicted molar refractivity (Wildman–Crippen MR) is 105 cm³/mol. The van der Waals surface area contributed by atoms with Gasteiger partial charge in [-0.1, -0.05) is 0 Å². The second-order valence-corrected chi connectivity index (χ2v) is 7.28. The molecule has 1 fully saturated rings. The van der Waals surface area contributed by atoms with Crippen LogP contribution in [0.1, 0.15) is 24.2 Å². The fourth-order valence-corrected chi connectivity index (χ4v) is 3.67. The number of non-ortho nitro benzene ring substituents is 1. The van der Waals surface area contributed by atoms with Gasteiger partial charge in [-0.3, -0.25) is 29.4 Å². The van der Waals surface area contributed by atoms with Gasteiger partial charge < -0.3 is 9.52 Å². The van der Waals surface area contributed by atoms with E-state index in [4.69, 9.17) is 9.52 Å². The summed E-state index contributed by atoms with van der Waals surface area (Å²) >= 11 is 0.765. The normalized spacial score (nSPS) is 15.3. The average Bonchev–Trinajstić information content (AvgIpc) is 3.21. The molecule has 0 saturated carbocycles. The van der Waals surface area contributed by atoms with Crippen LogP contribution in [0.5, 0.6) is 0 Å². The molecule has 0 bridgehead atoms. The van der Waals surface area contributed by atoms with Crippen molar-refractivity contribution in [2.24, 2.45) is 0 Å². The van der Waals surface area contributed by atoms with Gasteiger partial charge in [0.25, 0.3) is 16.8 Å². The Morgan fingerprint density at radius 3 is 2.72 bits per heavy atom. The molecule has 0 unspecified atom stereocenters. The van der Waals surface area contributed by atoms with Crippen LogP contribution in [-0.4, -0.2) is 38.6 Å². The number of furan rings is 1. The highest BCUT2D eigenvalue weighted by atomic mass is 32.2. The van der Waals surface area contributed by atoms with Crippen molar-refractivity contribution in [2.45, 2.75) is 19.8 Å². The fourth-order valence-electron chi connectivity index (χ4n) is 2.82. The molecule has 1 aromatic carbocycles. The van der Waals surface area contributed by atoms with Crippen molar-refractivity contribution in [1.82, 2.24) is 4.90 Å². The Hall–Kier alpha value is -3.40. The highest BCUT2D eigenvalue weighted by Gasteiger charge is 2.34. The highest BCUT2D eigenvalue weighted by Crippen LogP contribution is 2.34. The monoisotopic (exact) mass is 416 g/mol. The topological polar surface area (TPSA) is 131 Å². The van der Waals surface area contributed by atoms with Crippen LogP contribution in [0, 0.1) is 17.0 Å². The molecular weight excluding hydrogens is 400 g/mol. The number of imide groups is 1. The number of carbonyl (C=O) groups is 3. The minimum absolute atomic E-state index is 0.0189. The molecule has 3 rings (SSSR count). The smallest absolute Gasteiger partial charge is 0.303 e. The van der Waals surface area contributed by atoms with Crippen LogP contribution in [0.25, 0.3) is 17.4 Å². The van der Waals surface area contributed by atoms with Gasteiger partial charge in [-0.15, -0.1) is 0 Å². The number of nitro benzene ring substituents is 1. The molecule has 0 aliphatic carbocycles. The molecule has 1 aromatic heterocycles. The summed E-state index contributed by atoms with van der Waals surface area (Å²) < 4.78 is 5.72. The first-order chi connectivity index (χ1) is 13.8. The molecule has 1 aliphatic rings. The molecular formula is C19H16N2O7S. The fraction of sp³-hybridized carbons (Fsp3) is 0.211. The third-order valence-electron chi connectivity index (χ3n) is 4.23. The van der Waals surface area contributed by atoms with Gasteiger partial charge in [-0.05, 0) is 48.9 Å². The van der Waals surface area contributed by atoms with Gasteiger partial charge in [-0.2, -0.15) is 0 Å². The number of nitro groups is 1. The van der Waals surface area contributed by atoms with Crippen molar-refractivity contribution in [2.75, 3.05) is 6.54 Å². The number of nitrogens with zero attached hydrogens (tertiary/aromatic N) is 2. The summed E-state index contributed by atoms with van der Waals surface area (Å²) in [6.45, 7) is 1.77. The number of thioether (sulfide) groups is 1. The molecule has 10 heteroatoms. The zero-order valence-corrected chi connectivity index (χ0v) is 16.1. The van der Waals surface area contributed by atoms with E-state index in [1.54, 1.807) is 25.1 Å². The molecule has 0 radical (unpaired) electrons. The van der Waals surface area contributed by atoms with Crippen LogP contribution >= 0.6 is 11.8 Å². The SMILES string of the molecule is Cc1cc([N+](=O)[O-])ccc1-c1ccc(C=C2SC(=O)N(CCCC(=O)O)C2=O)o1. The van der Waals surface area contributed by atoms with Crippen molar-refractivity contribution < 1.29 is 28.8 Å². The van der Waals surface area contributed by atoms with E-state index < -0.39 is 22.0 Å². The maximum Gasteiger partial charge on any atom is 0.303 e. The number of aliphatic carboxylic acids is 1. The summed E-state index contributed by atoms with van der Waals surface area (Å²) in [6, 6.07) is 7.73. The van der Waals surface area contributed by atoms with Crippen LogP contribution in [0.2, 0.25) is 0 Å². The number of rotatable bonds is 7. The number of carbonyl (C=O) groups excluding carboxylic acids is 2. The second-order valence-electron chi connectivity index (χ2n) is 6.29. The van der Waals surface area contributed by atoms with E-state index in [9.17, 15) is 24.5 Å². The van der Waals surface area contributed by atoms with Crippen LogP contribution in [0.4, 0.5) is 10.5 Å².